The molecule has 0 aliphatic heterocycles. The summed E-state index contributed by atoms with van der Waals surface area (Å²) in [6, 6.07) is 9.78. The summed E-state index contributed by atoms with van der Waals surface area (Å²) in [7, 11) is -3.86. The van der Waals surface area contributed by atoms with Gasteiger partial charge in [-0.05, 0) is 61.6 Å². The third-order valence-corrected chi connectivity index (χ3v) is 8.33. The molecule has 2 aromatic rings. The van der Waals surface area contributed by atoms with Gasteiger partial charge in [0.2, 0.25) is 21.8 Å². The van der Waals surface area contributed by atoms with Crippen LogP contribution in [0.1, 0.15) is 56.6 Å². The van der Waals surface area contributed by atoms with Gasteiger partial charge in [0, 0.05) is 17.6 Å². The van der Waals surface area contributed by atoms with Crippen molar-refractivity contribution in [2.24, 2.45) is 0 Å². The summed E-state index contributed by atoms with van der Waals surface area (Å²) in [4.78, 5) is 28.5. The van der Waals surface area contributed by atoms with Gasteiger partial charge in [0.15, 0.2) is 0 Å². The summed E-state index contributed by atoms with van der Waals surface area (Å²) in [5.41, 5.74) is 1.45. The summed E-state index contributed by atoms with van der Waals surface area (Å²) >= 11 is 6.23. The SMILES string of the molecule is CC[C@@H](C(=O)NC1CCCCC1)N(Cc1ccc(F)cc1)C(=O)CN(c1cccc(Cl)c1C)S(C)(=O)=O. The van der Waals surface area contributed by atoms with Crippen molar-refractivity contribution >= 4 is 39.1 Å². The van der Waals surface area contributed by atoms with Gasteiger partial charge in [0.25, 0.3) is 0 Å². The Hall–Kier alpha value is -2.65. The number of benzene rings is 2. The first-order valence-electron chi connectivity index (χ1n) is 12.6. The van der Waals surface area contributed by atoms with Crippen LogP contribution in [0.5, 0.6) is 0 Å². The Morgan fingerprint density at radius 2 is 1.76 bits per heavy atom. The monoisotopic (exact) mass is 551 g/mol. The minimum Gasteiger partial charge on any atom is -0.352 e. The van der Waals surface area contributed by atoms with Gasteiger partial charge >= 0.3 is 0 Å². The fraction of sp³-hybridized carbons (Fsp3) is 0.481. The van der Waals surface area contributed by atoms with Crippen LogP contribution in [-0.4, -0.2) is 50.0 Å². The molecule has 37 heavy (non-hydrogen) atoms. The van der Waals surface area contributed by atoms with E-state index in [1.165, 1.54) is 17.0 Å². The number of nitrogens with one attached hydrogen (secondary N) is 1. The maximum absolute atomic E-state index is 13.8. The molecule has 0 saturated heterocycles. The molecule has 0 unspecified atom stereocenters. The highest BCUT2D eigenvalue weighted by Crippen LogP contribution is 2.28. The van der Waals surface area contributed by atoms with Crippen LogP contribution in [0.4, 0.5) is 10.1 Å². The second-order valence-corrected chi connectivity index (χ2v) is 11.9. The van der Waals surface area contributed by atoms with E-state index in [4.69, 9.17) is 11.6 Å². The Kier molecular flexibility index (Phi) is 9.95. The molecule has 1 N–H and O–H groups in total. The Labute approximate surface area is 224 Å². The number of halogens is 2. The minimum absolute atomic E-state index is 0.0296. The number of carbonyl (C=O) groups is 2. The van der Waals surface area contributed by atoms with Crippen molar-refractivity contribution in [1.29, 1.82) is 0 Å². The summed E-state index contributed by atoms with van der Waals surface area (Å²) in [6.07, 6.45) is 6.38. The van der Waals surface area contributed by atoms with E-state index in [1.807, 2.05) is 6.92 Å². The van der Waals surface area contributed by atoms with Gasteiger partial charge in [0.1, 0.15) is 18.4 Å². The lowest BCUT2D eigenvalue weighted by Crippen LogP contribution is -2.54. The van der Waals surface area contributed by atoms with E-state index in [0.29, 0.717) is 28.3 Å². The number of hydrogen-bond donors (Lipinski definition) is 1. The zero-order valence-electron chi connectivity index (χ0n) is 21.5. The summed E-state index contributed by atoms with van der Waals surface area (Å²) < 4.78 is 40.1. The highest BCUT2D eigenvalue weighted by molar-refractivity contribution is 7.92. The van der Waals surface area contributed by atoms with Crippen molar-refractivity contribution in [3.05, 3.63) is 64.4 Å². The Morgan fingerprint density at radius 1 is 1.11 bits per heavy atom. The van der Waals surface area contributed by atoms with Crippen LogP contribution < -0.4 is 9.62 Å². The third kappa shape index (κ3) is 7.68. The number of hydrogen-bond acceptors (Lipinski definition) is 4. The molecule has 0 radical (unpaired) electrons. The topological polar surface area (TPSA) is 86.8 Å². The molecule has 0 aromatic heterocycles. The first-order valence-corrected chi connectivity index (χ1v) is 14.8. The molecule has 10 heteroatoms. The van der Waals surface area contributed by atoms with Crippen molar-refractivity contribution in [2.45, 2.75) is 71.0 Å². The molecular weight excluding hydrogens is 517 g/mol. The highest BCUT2D eigenvalue weighted by atomic mass is 35.5. The molecule has 3 rings (SSSR count). The smallest absolute Gasteiger partial charge is 0.244 e. The Balaban J connectivity index is 1.93. The number of nitrogens with zero attached hydrogens (tertiary/aromatic N) is 2. The first kappa shape index (κ1) is 28.9. The van der Waals surface area contributed by atoms with Gasteiger partial charge in [-0.2, -0.15) is 0 Å². The van der Waals surface area contributed by atoms with E-state index in [-0.39, 0.29) is 18.5 Å². The van der Waals surface area contributed by atoms with Crippen molar-refractivity contribution in [3.63, 3.8) is 0 Å². The quantitative estimate of drug-likeness (QED) is 0.459. The van der Waals surface area contributed by atoms with Crippen molar-refractivity contribution in [3.8, 4) is 0 Å². The Morgan fingerprint density at radius 3 is 2.35 bits per heavy atom. The molecule has 1 saturated carbocycles. The van der Waals surface area contributed by atoms with Gasteiger partial charge in [0.05, 0.1) is 11.9 Å². The van der Waals surface area contributed by atoms with E-state index in [9.17, 15) is 22.4 Å². The lowest BCUT2D eigenvalue weighted by atomic mass is 9.95. The molecule has 0 bridgehead atoms. The van der Waals surface area contributed by atoms with Gasteiger partial charge in [-0.25, -0.2) is 12.8 Å². The average molecular weight is 552 g/mol. The van der Waals surface area contributed by atoms with Gasteiger partial charge in [-0.15, -0.1) is 0 Å². The predicted molar refractivity (Wildman–Crippen MR) is 144 cm³/mol. The van der Waals surface area contributed by atoms with Crippen molar-refractivity contribution in [2.75, 3.05) is 17.1 Å². The minimum atomic E-state index is -3.86. The number of rotatable bonds is 10. The van der Waals surface area contributed by atoms with E-state index >= 15 is 0 Å². The summed E-state index contributed by atoms with van der Waals surface area (Å²) in [5, 5.41) is 3.46. The van der Waals surface area contributed by atoms with Gasteiger partial charge < -0.3 is 10.2 Å². The second-order valence-electron chi connectivity index (χ2n) is 9.57. The molecule has 2 amide bonds. The van der Waals surface area contributed by atoms with Crippen LogP contribution >= 0.6 is 11.6 Å². The largest absolute Gasteiger partial charge is 0.352 e. The van der Waals surface area contributed by atoms with Crippen LogP contribution in [0.3, 0.4) is 0 Å². The standard InChI is InChI=1S/C27H35ClFN3O4S/c1-4-24(27(34)30-22-9-6-5-7-10-22)31(17-20-13-15-21(29)16-14-20)26(33)18-32(37(3,35)36)25-12-8-11-23(28)19(25)2/h8,11-16,22,24H,4-7,9-10,17-18H2,1-3H3,(H,30,34)/t24-/m0/s1. The van der Waals surface area contributed by atoms with Crippen LogP contribution in [0.2, 0.25) is 5.02 Å². The van der Waals surface area contributed by atoms with Gasteiger partial charge in [-0.1, -0.05) is 56.0 Å². The summed E-state index contributed by atoms with van der Waals surface area (Å²) in [5.74, 6) is -1.22. The van der Waals surface area contributed by atoms with E-state index in [0.717, 1.165) is 42.7 Å². The normalized spacial score (nSPS) is 15.2. The zero-order chi connectivity index (χ0) is 27.2. The number of sulfonamides is 1. The number of amides is 2. The van der Waals surface area contributed by atoms with Crippen molar-refractivity contribution in [1.82, 2.24) is 10.2 Å². The second kappa shape index (κ2) is 12.7. The third-order valence-electron chi connectivity index (χ3n) is 6.79. The summed E-state index contributed by atoms with van der Waals surface area (Å²) in [6.45, 7) is 3.02. The molecule has 1 fully saturated rings. The van der Waals surface area contributed by atoms with Crippen LogP contribution in [0, 0.1) is 12.7 Å². The molecule has 2 aromatic carbocycles. The molecule has 0 spiro atoms. The molecule has 0 heterocycles. The lowest BCUT2D eigenvalue weighted by Gasteiger charge is -2.34. The van der Waals surface area contributed by atoms with Crippen LogP contribution in [0.15, 0.2) is 42.5 Å². The Bertz CT molecular complexity index is 1200. The fourth-order valence-corrected chi connectivity index (χ4v) is 5.78. The van der Waals surface area contributed by atoms with Gasteiger partial charge in [-0.3, -0.25) is 13.9 Å². The molecule has 202 valence electrons. The average Bonchev–Trinajstić information content (AvgIpc) is 2.85. The van der Waals surface area contributed by atoms with Crippen molar-refractivity contribution < 1.29 is 22.4 Å². The molecule has 1 aliphatic rings. The van der Waals surface area contributed by atoms with E-state index < -0.39 is 34.3 Å². The lowest BCUT2D eigenvalue weighted by molar-refractivity contribution is -0.140. The molecule has 7 nitrogen and oxygen atoms in total. The maximum atomic E-state index is 13.8. The predicted octanol–water partition coefficient (Wildman–Crippen LogP) is 4.81. The molecule has 1 atom stereocenters. The zero-order valence-corrected chi connectivity index (χ0v) is 23.1. The highest BCUT2D eigenvalue weighted by Gasteiger charge is 2.33. The fourth-order valence-electron chi connectivity index (χ4n) is 4.71. The molecular formula is C27H35ClFN3O4S. The maximum Gasteiger partial charge on any atom is 0.244 e. The molecule has 1 aliphatic carbocycles. The van der Waals surface area contributed by atoms with E-state index in [1.54, 1.807) is 37.3 Å². The first-order chi connectivity index (χ1) is 17.5. The number of carbonyl (C=O) groups excluding carboxylic acids is 2. The van der Waals surface area contributed by atoms with Crippen LogP contribution in [-0.2, 0) is 26.2 Å². The van der Waals surface area contributed by atoms with E-state index in [2.05, 4.69) is 5.32 Å². The number of anilines is 1. The van der Waals surface area contributed by atoms with Crippen LogP contribution in [0.25, 0.3) is 0 Å².